The number of carbonyl (C=O) groups is 5. The topological polar surface area (TPSA) is 195 Å². The van der Waals surface area contributed by atoms with Crippen LogP contribution in [0.3, 0.4) is 0 Å². The van der Waals surface area contributed by atoms with Crippen molar-refractivity contribution in [3.63, 3.8) is 0 Å². The van der Waals surface area contributed by atoms with Crippen molar-refractivity contribution in [3.05, 3.63) is 47.3 Å². The summed E-state index contributed by atoms with van der Waals surface area (Å²) in [5.41, 5.74) is 5.94. The highest BCUT2D eigenvalue weighted by atomic mass is 32.2. The monoisotopic (exact) mass is 733 g/mol. The minimum atomic E-state index is -3.55. The Hall–Kier alpha value is -4.21. The third kappa shape index (κ3) is 10.2. The Labute approximate surface area is 297 Å². The fraction of sp³-hybridized carbons (Fsp3) is 0.629. The minimum Gasteiger partial charge on any atom is -0.444 e. The van der Waals surface area contributed by atoms with Gasteiger partial charge in [-0.3, -0.25) is 24.0 Å². The number of hydrogen-bond acceptors (Lipinski definition) is 9. The van der Waals surface area contributed by atoms with Gasteiger partial charge in [-0.25, -0.2) is 22.4 Å². The molecule has 2 heterocycles. The van der Waals surface area contributed by atoms with Crippen molar-refractivity contribution in [2.45, 2.75) is 121 Å². The minimum absolute atomic E-state index is 0.0100. The van der Waals surface area contributed by atoms with E-state index >= 15 is 0 Å². The van der Waals surface area contributed by atoms with E-state index in [-0.39, 0.29) is 44.3 Å². The molecule has 0 spiro atoms. The number of rotatable bonds is 14. The van der Waals surface area contributed by atoms with E-state index < -0.39 is 74.8 Å². The molecule has 0 aromatic heterocycles. The van der Waals surface area contributed by atoms with Crippen LogP contribution in [-0.2, 0) is 47.0 Å². The largest absolute Gasteiger partial charge is 0.444 e. The van der Waals surface area contributed by atoms with Crippen LogP contribution >= 0.6 is 0 Å². The quantitative estimate of drug-likeness (QED) is 0.190. The maximum absolute atomic E-state index is 14.2. The number of allylic oxidation sites excluding steroid dienone is 2. The molecule has 51 heavy (non-hydrogen) atoms. The zero-order chi connectivity index (χ0) is 37.1. The normalized spacial score (nSPS) is 23.5. The number of alkyl carbamates (subject to hydrolysis) is 1. The molecule has 2 saturated carbocycles. The van der Waals surface area contributed by atoms with Gasteiger partial charge in [0.1, 0.15) is 29.6 Å². The van der Waals surface area contributed by atoms with Gasteiger partial charge in [-0.2, -0.15) is 0 Å². The Morgan fingerprint density at radius 3 is 2.49 bits per heavy atom. The van der Waals surface area contributed by atoms with Crippen molar-refractivity contribution in [2.75, 3.05) is 6.54 Å². The van der Waals surface area contributed by atoms with Crippen LogP contribution in [-0.4, -0.2) is 83.7 Å². The van der Waals surface area contributed by atoms with Crippen molar-refractivity contribution in [2.24, 2.45) is 17.6 Å². The molecule has 2 aliphatic carbocycles. The van der Waals surface area contributed by atoms with E-state index in [1.807, 2.05) is 12.2 Å². The molecule has 2 unspecified atom stereocenters. The summed E-state index contributed by atoms with van der Waals surface area (Å²) in [4.78, 5) is 66.9. The van der Waals surface area contributed by atoms with Crippen molar-refractivity contribution >= 4 is 39.9 Å². The molecule has 3 fully saturated rings. The average molecular weight is 734 g/mol. The highest BCUT2D eigenvalue weighted by Crippen LogP contribution is 2.40. The first-order valence-corrected chi connectivity index (χ1v) is 19.1. The van der Waals surface area contributed by atoms with Gasteiger partial charge in [-0.1, -0.05) is 37.1 Å². The Kier molecular flexibility index (Phi) is 11.6. The van der Waals surface area contributed by atoms with E-state index in [1.54, 1.807) is 32.9 Å². The second kappa shape index (κ2) is 15.6. The molecule has 1 aromatic rings. The number of benzene rings is 1. The summed E-state index contributed by atoms with van der Waals surface area (Å²) in [5.74, 6) is -2.51. The molecule has 1 aromatic carbocycles. The Morgan fingerprint density at radius 2 is 1.82 bits per heavy atom. The summed E-state index contributed by atoms with van der Waals surface area (Å²) >= 11 is 0. The maximum Gasteiger partial charge on any atom is 0.410 e. The summed E-state index contributed by atoms with van der Waals surface area (Å²) in [5, 5.41) is 2.20. The standard InChI is InChI=1S/C35H48FN5O9S/c1-35(2,3)50-33(45)38-28(13-8-6-4-5-7-10-21-16-25(21)31(43)39-51(47,48)24-14-15-24)32(44)41-19-23(17-29(41)30(37)42)49-34(46)40-18-22-11-9-12-27(36)26(22)20-40/h7,9-12,21,23-25,28-29H,4-6,8,13-20H2,1-3H3,(H2,37,42)(H,38,45)(H,39,43)/b10-7-/t21-,23+,25?,28-,29?/m1/s1. The molecule has 0 radical (unpaired) electrons. The van der Waals surface area contributed by atoms with Gasteiger partial charge in [0.2, 0.25) is 27.7 Å². The maximum atomic E-state index is 14.2. The average Bonchev–Trinajstić information content (AvgIpc) is 3.95. The van der Waals surface area contributed by atoms with Crippen LogP contribution in [0.4, 0.5) is 14.0 Å². The van der Waals surface area contributed by atoms with Gasteiger partial charge in [0.15, 0.2) is 0 Å². The molecule has 5 amide bonds. The number of likely N-dealkylation sites (tertiary alicyclic amines) is 1. The number of nitrogens with two attached hydrogens (primary N) is 1. The fourth-order valence-corrected chi connectivity index (χ4v) is 7.85. The van der Waals surface area contributed by atoms with Gasteiger partial charge in [-0.15, -0.1) is 0 Å². The number of nitrogens with one attached hydrogen (secondary N) is 2. The molecular weight excluding hydrogens is 685 g/mol. The predicted octanol–water partition coefficient (Wildman–Crippen LogP) is 3.38. The van der Waals surface area contributed by atoms with Crippen molar-refractivity contribution < 1.29 is 46.3 Å². The molecule has 4 N–H and O–H groups in total. The summed E-state index contributed by atoms with van der Waals surface area (Å²) in [6.45, 7) is 5.18. The number of fused-ring (bicyclic) bond motifs is 1. The van der Waals surface area contributed by atoms with Gasteiger partial charge < -0.3 is 25.4 Å². The molecule has 0 bridgehead atoms. The summed E-state index contributed by atoms with van der Waals surface area (Å²) in [6, 6.07) is 2.52. The fourth-order valence-electron chi connectivity index (χ4n) is 6.50. The number of ether oxygens (including phenoxy) is 2. The summed E-state index contributed by atoms with van der Waals surface area (Å²) in [6.07, 6.45) is 6.30. The Morgan fingerprint density at radius 1 is 1.08 bits per heavy atom. The smallest absolute Gasteiger partial charge is 0.410 e. The third-order valence-electron chi connectivity index (χ3n) is 9.44. The second-order valence-corrected chi connectivity index (χ2v) is 16.8. The molecule has 4 aliphatic rings. The Balaban J connectivity index is 1.11. The second-order valence-electron chi connectivity index (χ2n) is 14.9. The lowest BCUT2D eigenvalue weighted by Crippen LogP contribution is -2.53. The predicted molar refractivity (Wildman–Crippen MR) is 182 cm³/mol. The van der Waals surface area contributed by atoms with Gasteiger partial charge in [-0.05, 0) is 76.8 Å². The first-order valence-electron chi connectivity index (χ1n) is 17.6. The lowest BCUT2D eigenvalue weighted by Gasteiger charge is -2.28. The van der Waals surface area contributed by atoms with Crippen LogP contribution in [0.15, 0.2) is 30.4 Å². The van der Waals surface area contributed by atoms with E-state index in [2.05, 4.69) is 10.0 Å². The molecular formula is C35H48FN5O9S. The highest BCUT2D eigenvalue weighted by molar-refractivity contribution is 7.90. The van der Waals surface area contributed by atoms with Gasteiger partial charge >= 0.3 is 12.2 Å². The van der Waals surface area contributed by atoms with Crippen LogP contribution in [0.5, 0.6) is 0 Å². The molecule has 1 saturated heterocycles. The molecule has 5 rings (SSSR count). The van der Waals surface area contributed by atoms with Crippen LogP contribution in [0, 0.1) is 17.7 Å². The van der Waals surface area contributed by atoms with E-state index in [1.165, 1.54) is 15.9 Å². The number of sulfonamides is 1. The lowest BCUT2D eigenvalue weighted by molar-refractivity contribution is -0.139. The van der Waals surface area contributed by atoms with E-state index in [4.69, 9.17) is 15.2 Å². The lowest BCUT2D eigenvalue weighted by atomic mass is 10.0. The molecule has 280 valence electrons. The van der Waals surface area contributed by atoms with Crippen LogP contribution in [0.2, 0.25) is 0 Å². The molecule has 2 aliphatic heterocycles. The van der Waals surface area contributed by atoms with Crippen LogP contribution < -0.4 is 15.8 Å². The number of amides is 5. The number of carbonyl (C=O) groups excluding carboxylic acids is 5. The van der Waals surface area contributed by atoms with Gasteiger partial charge in [0.25, 0.3) is 0 Å². The van der Waals surface area contributed by atoms with Crippen molar-refractivity contribution in [1.82, 2.24) is 19.8 Å². The number of nitrogens with zero attached hydrogens (tertiary/aromatic N) is 2. The zero-order valence-corrected chi connectivity index (χ0v) is 30.1. The van der Waals surface area contributed by atoms with E-state index in [9.17, 15) is 36.8 Å². The van der Waals surface area contributed by atoms with E-state index in [0.717, 1.165) is 6.42 Å². The van der Waals surface area contributed by atoms with Crippen LogP contribution in [0.25, 0.3) is 0 Å². The molecule has 5 atom stereocenters. The van der Waals surface area contributed by atoms with Crippen molar-refractivity contribution in [1.29, 1.82) is 0 Å². The van der Waals surface area contributed by atoms with Gasteiger partial charge in [0, 0.05) is 24.4 Å². The first kappa shape index (κ1) is 38.0. The molecule has 14 nitrogen and oxygen atoms in total. The third-order valence-corrected chi connectivity index (χ3v) is 11.3. The van der Waals surface area contributed by atoms with Crippen molar-refractivity contribution in [3.8, 4) is 0 Å². The summed E-state index contributed by atoms with van der Waals surface area (Å²) < 4.78 is 51.5. The van der Waals surface area contributed by atoms with Crippen LogP contribution in [0.1, 0.15) is 89.7 Å². The number of unbranched alkanes of at least 4 members (excludes halogenated alkanes) is 3. The Bertz CT molecular complexity index is 1660. The van der Waals surface area contributed by atoms with E-state index in [0.29, 0.717) is 49.7 Å². The summed E-state index contributed by atoms with van der Waals surface area (Å²) in [7, 11) is -3.55. The highest BCUT2D eigenvalue weighted by Gasteiger charge is 2.45. The zero-order valence-electron chi connectivity index (χ0n) is 29.3. The number of halogens is 1. The molecule has 16 heteroatoms. The SMILES string of the molecule is CC(C)(C)OC(=O)N[C@H](CCCCC/C=C\[C@@H]1CC1C(=O)NS(=O)(=O)C1CC1)C(=O)N1C[C@@H](OC(=O)N2Cc3cccc(F)c3C2)CC1C(N)=O. The first-order chi connectivity index (χ1) is 24.0. The van der Waals surface area contributed by atoms with Gasteiger partial charge in [0.05, 0.1) is 18.3 Å². The number of primary amides is 1. The number of hydrogen-bond donors (Lipinski definition) is 3.